The summed E-state index contributed by atoms with van der Waals surface area (Å²) in [5, 5.41) is 15.2. The molecule has 0 radical (unpaired) electrons. The minimum absolute atomic E-state index is 0.0113. The summed E-state index contributed by atoms with van der Waals surface area (Å²) in [7, 11) is 0. The second-order valence-electron chi connectivity index (χ2n) is 9.32. The highest BCUT2D eigenvalue weighted by Gasteiger charge is 2.32. The van der Waals surface area contributed by atoms with Crippen molar-refractivity contribution < 1.29 is 24.2 Å². The van der Waals surface area contributed by atoms with Crippen molar-refractivity contribution in [2.75, 3.05) is 0 Å². The van der Waals surface area contributed by atoms with Crippen LogP contribution in [0.25, 0.3) is 0 Å². The van der Waals surface area contributed by atoms with E-state index in [1.54, 1.807) is 0 Å². The minimum Gasteiger partial charge on any atom is -0.481 e. The summed E-state index contributed by atoms with van der Waals surface area (Å²) in [5.74, 6) is -0.745. The molecule has 160 valence electrons. The molecule has 2 amide bonds. The summed E-state index contributed by atoms with van der Waals surface area (Å²) in [6.45, 7) is 5.49. The monoisotopic (exact) mass is 396 g/mol. The number of hydrogen-bond donors (Lipinski definition) is 3. The average molecular weight is 397 g/mol. The summed E-state index contributed by atoms with van der Waals surface area (Å²) in [6.07, 6.45) is 7.60. The third-order valence-corrected chi connectivity index (χ3v) is 5.75. The average Bonchev–Trinajstić information content (AvgIpc) is 2.56. The summed E-state index contributed by atoms with van der Waals surface area (Å²) in [4.78, 5) is 35.9. The Kier molecular flexibility index (Phi) is 8.13. The highest BCUT2D eigenvalue weighted by molar-refractivity contribution is 5.77. The van der Waals surface area contributed by atoms with Crippen LogP contribution in [-0.2, 0) is 14.3 Å². The Balaban J connectivity index is 1.89. The van der Waals surface area contributed by atoms with Crippen LogP contribution >= 0.6 is 0 Å². The van der Waals surface area contributed by atoms with E-state index in [1.807, 2.05) is 20.8 Å². The maximum atomic E-state index is 12.7. The molecule has 7 nitrogen and oxygen atoms in total. The van der Waals surface area contributed by atoms with Gasteiger partial charge in [-0.25, -0.2) is 4.79 Å². The van der Waals surface area contributed by atoms with E-state index in [0.29, 0.717) is 6.42 Å². The van der Waals surface area contributed by atoms with E-state index in [9.17, 15) is 14.4 Å². The van der Waals surface area contributed by atoms with E-state index in [0.717, 1.165) is 51.4 Å². The zero-order valence-electron chi connectivity index (χ0n) is 17.5. The second-order valence-corrected chi connectivity index (χ2v) is 9.32. The van der Waals surface area contributed by atoms with E-state index in [4.69, 9.17) is 9.84 Å². The lowest BCUT2D eigenvalue weighted by molar-refractivity contribution is -0.139. The van der Waals surface area contributed by atoms with Crippen molar-refractivity contribution in [3.05, 3.63) is 0 Å². The number of hydrogen-bond acceptors (Lipinski definition) is 4. The molecule has 0 aromatic carbocycles. The lowest BCUT2D eigenvalue weighted by atomic mass is 9.80. The number of aliphatic carboxylic acids is 1. The molecule has 7 heteroatoms. The van der Waals surface area contributed by atoms with Crippen molar-refractivity contribution in [1.29, 1.82) is 0 Å². The van der Waals surface area contributed by atoms with E-state index < -0.39 is 17.7 Å². The highest BCUT2D eigenvalue weighted by atomic mass is 16.6. The van der Waals surface area contributed by atoms with Gasteiger partial charge in [-0.05, 0) is 58.3 Å². The number of carbonyl (C=O) groups is 3. The molecule has 0 spiro atoms. The third kappa shape index (κ3) is 7.68. The smallest absolute Gasteiger partial charge is 0.407 e. The number of rotatable bonds is 6. The quantitative estimate of drug-likeness (QED) is 0.636. The van der Waals surface area contributed by atoms with Crippen LogP contribution in [0.2, 0.25) is 0 Å². The molecule has 3 N–H and O–H groups in total. The summed E-state index contributed by atoms with van der Waals surface area (Å²) < 4.78 is 5.36. The Labute approximate surface area is 168 Å². The minimum atomic E-state index is -0.806. The van der Waals surface area contributed by atoms with E-state index in [2.05, 4.69) is 10.6 Å². The van der Waals surface area contributed by atoms with Gasteiger partial charge in [0.15, 0.2) is 0 Å². The van der Waals surface area contributed by atoms with Crippen LogP contribution in [0, 0.1) is 11.8 Å². The van der Waals surface area contributed by atoms with Gasteiger partial charge in [-0.3, -0.25) is 9.59 Å². The van der Waals surface area contributed by atoms with E-state index in [1.165, 1.54) is 0 Å². The zero-order valence-corrected chi connectivity index (χ0v) is 17.5. The van der Waals surface area contributed by atoms with Gasteiger partial charge in [0, 0.05) is 18.5 Å². The lowest BCUT2D eigenvalue weighted by Gasteiger charge is -2.34. The van der Waals surface area contributed by atoms with Crippen molar-refractivity contribution in [2.24, 2.45) is 11.8 Å². The van der Waals surface area contributed by atoms with Crippen molar-refractivity contribution in [1.82, 2.24) is 10.6 Å². The fourth-order valence-corrected chi connectivity index (χ4v) is 4.47. The predicted molar refractivity (Wildman–Crippen MR) is 106 cm³/mol. The molecule has 2 aliphatic carbocycles. The molecule has 0 aromatic rings. The first-order valence-corrected chi connectivity index (χ1v) is 10.6. The van der Waals surface area contributed by atoms with E-state index >= 15 is 0 Å². The molecular formula is C21H36N2O5. The molecule has 2 fully saturated rings. The molecule has 0 unspecified atom stereocenters. The Bertz CT molecular complexity index is 557. The number of amides is 2. The normalized spacial score (nSPS) is 28.2. The SMILES string of the molecule is CC(C)(C)OC(=O)N[C@@H]1CCCC[C@H]1CC(=O)N[C@@H]1CCCC[C@H]1CC(=O)O. The Hall–Kier alpha value is -1.79. The molecule has 4 atom stereocenters. The number of ether oxygens (including phenoxy) is 1. The molecule has 0 aliphatic heterocycles. The van der Waals surface area contributed by atoms with Crippen LogP contribution in [0.3, 0.4) is 0 Å². The van der Waals surface area contributed by atoms with Gasteiger partial charge < -0.3 is 20.5 Å². The Morgan fingerprint density at radius 2 is 1.36 bits per heavy atom. The fraction of sp³-hybridized carbons (Fsp3) is 0.857. The fourth-order valence-electron chi connectivity index (χ4n) is 4.47. The van der Waals surface area contributed by atoms with Gasteiger partial charge in [0.1, 0.15) is 5.60 Å². The number of carboxylic acids is 1. The van der Waals surface area contributed by atoms with Gasteiger partial charge in [-0.1, -0.05) is 25.7 Å². The molecule has 2 aliphatic rings. The van der Waals surface area contributed by atoms with E-state index in [-0.39, 0.29) is 36.2 Å². The van der Waals surface area contributed by atoms with Gasteiger partial charge in [-0.15, -0.1) is 0 Å². The molecule has 2 saturated carbocycles. The first-order valence-electron chi connectivity index (χ1n) is 10.6. The third-order valence-electron chi connectivity index (χ3n) is 5.75. The van der Waals surface area contributed by atoms with Gasteiger partial charge >= 0.3 is 12.1 Å². The Morgan fingerprint density at radius 1 is 0.857 bits per heavy atom. The van der Waals surface area contributed by atoms with Crippen molar-refractivity contribution in [2.45, 2.75) is 103 Å². The summed E-state index contributed by atoms with van der Waals surface area (Å²) >= 11 is 0. The van der Waals surface area contributed by atoms with Crippen molar-refractivity contribution in [3.63, 3.8) is 0 Å². The van der Waals surface area contributed by atoms with Gasteiger partial charge in [0.25, 0.3) is 0 Å². The predicted octanol–water partition coefficient (Wildman–Crippen LogP) is 3.61. The van der Waals surface area contributed by atoms with Crippen LogP contribution < -0.4 is 10.6 Å². The molecule has 0 bridgehead atoms. The zero-order chi connectivity index (χ0) is 20.7. The standard InChI is InChI=1S/C21H36N2O5/c1-21(2,3)28-20(27)23-17-11-7-4-8-14(17)12-18(24)22-16-10-6-5-9-15(16)13-19(25)26/h14-17H,4-13H2,1-3H3,(H,22,24)(H,23,27)(H,25,26)/t14-,15-,16+,17+/m0/s1. The molecule has 28 heavy (non-hydrogen) atoms. The van der Waals surface area contributed by atoms with Crippen LogP contribution in [0.15, 0.2) is 0 Å². The largest absolute Gasteiger partial charge is 0.481 e. The van der Waals surface area contributed by atoms with Crippen LogP contribution in [-0.4, -0.2) is 40.8 Å². The topological polar surface area (TPSA) is 105 Å². The first kappa shape index (κ1) is 22.5. The maximum Gasteiger partial charge on any atom is 0.407 e. The van der Waals surface area contributed by atoms with Crippen LogP contribution in [0.5, 0.6) is 0 Å². The summed E-state index contributed by atoms with van der Waals surface area (Å²) in [6, 6.07) is -0.117. The van der Waals surface area contributed by atoms with Gasteiger partial charge in [0.05, 0.1) is 6.42 Å². The van der Waals surface area contributed by atoms with Crippen LogP contribution in [0.4, 0.5) is 4.79 Å². The number of alkyl carbamates (subject to hydrolysis) is 1. The molecule has 0 heterocycles. The molecule has 2 rings (SSSR count). The highest BCUT2D eigenvalue weighted by Crippen LogP contribution is 2.30. The summed E-state index contributed by atoms with van der Waals surface area (Å²) in [5.41, 5.74) is -0.550. The second kappa shape index (κ2) is 10.1. The molecule has 0 aromatic heterocycles. The number of nitrogens with one attached hydrogen (secondary N) is 2. The molecule has 0 saturated heterocycles. The maximum absolute atomic E-state index is 12.7. The molecular weight excluding hydrogens is 360 g/mol. The van der Waals surface area contributed by atoms with Crippen molar-refractivity contribution in [3.8, 4) is 0 Å². The van der Waals surface area contributed by atoms with Gasteiger partial charge in [0.2, 0.25) is 5.91 Å². The lowest BCUT2D eigenvalue weighted by Crippen LogP contribution is -2.47. The first-order chi connectivity index (χ1) is 13.1. The number of carboxylic acid groups (broad SMARTS) is 1. The number of carbonyl (C=O) groups excluding carboxylic acids is 2. The van der Waals surface area contributed by atoms with Crippen LogP contribution in [0.1, 0.15) is 85.0 Å². The Morgan fingerprint density at radius 3 is 1.89 bits per heavy atom. The van der Waals surface area contributed by atoms with Crippen molar-refractivity contribution >= 4 is 18.0 Å². The van der Waals surface area contributed by atoms with Gasteiger partial charge in [-0.2, -0.15) is 0 Å².